The first-order chi connectivity index (χ1) is 9.94. The zero-order valence-corrected chi connectivity index (χ0v) is 13.6. The SMILES string of the molecule is COC(=O)[C@@H](NC(C)c1cc(OC)ccc1OC)C(C)C. The number of hydrogen-bond acceptors (Lipinski definition) is 5. The summed E-state index contributed by atoms with van der Waals surface area (Å²) in [6.07, 6.45) is 0. The van der Waals surface area contributed by atoms with Crippen molar-refractivity contribution in [3.63, 3.8) is 0 Å². The van der Waals surface area contributed by atoms with E-state index in [0.29, 0.717) is 0 Å². The third-order valence-electron chi connectivity index (χ3n) is 3.45. The van der Waals surface area contributed by atoms with E-state index in [1.807, 2.05) is 39.0 Å². The summed E-state index contributed by atoms with van der Waals surface area (Å²) >= 11 is 0. The van der Waals surface area contributed by atoms with Gasteiger partial charge in [0.2, 0.25) is 0 Å². The molecule has 2 atom stereocenters. The highest BCUT2D eigenvalue weighted by atomic mass is 16.5. The van der Waals surface area contributed by atoms with Crippen LogP contribution in [-0.2, 0) is 9.53 Å². The molecule has 0 radical (unpaired) electrons. The van der Waals surface area contributed by atoms with Gasteiger partial charge in [0, 0.05) is 11.6 Å². The molecule has 0 amide bonds. The number of nitrogens with one attached hydrogen (secondary N) is 1. The van der Waals surface area contributed by atoms with Crippen LogP contribution in [-0.4, -0.2) is 33.3 Å². The minimum Gasteiger partial charge on any atom is -0.497 e. The van der Waals surface area contributed by atoms with Crippen molar-refractivity contribution in [3.8, 4) is 11.5 Å². The highest BCUT2D eigenvalue weighted by molar-refractivity contribution is 5.76. The fraction of sp³-hybridized carbons (Fsp3) is 0.562. The molecule has 0 saturated carbocycles. The quantitative estimate of drug-likeness (QED) is 0.783. The third-order valence-corrected chi connectivity index (χ3v) is 3.45. The van der Waals surface area contributed by atoms with Gasteiger partial charge in [0.15, 0.2) is 0 Å². The molecule has 1 unspecified atom stereocenters. The Labute approximate surface area is 126 Å². The zero-order chi connectivity index (χ0) is 16.0. The lowest BCUT2D eigenvalue weighted by molar-refractivity contribution is -0.144. The van der Waals surface area contributed by atoms with Crippen LogP contribution in [0.3, 0.4) is 0 Å². The molecule has 0 heterocycles. The maximum atomic E-state index is 11.9. The van der Waals surface area contributed by atoms with E-state index in [0.717, 1.165) is 17.1 Å². The Morgan fingerprint density at radius 1 is 1.10 bits per heavy atom. The topological polar surface area (TPSA) is 56.8 Å². The molecule has 0 bridgehead atoms. The van der Waals surface area contributed by atoms with Crippen LogP contribution < -0.4 is 14.8 Å². The highest BCUT2D eigenvalue weighted by Crippen LogP contribution is 2.29. The van der Waals surface area contributed by atoms with Crippen molar-refractivity contribution in [1.29, 1.82) is 0 Å². The minimum atomic E-state index is -0.374. The molecule has 0 aliphatic rings. The largest absolute Gasteiger partial charge is 0.497 e. The zero-order valence-electron chi connectivity index (χ0n) is 13.6. The number of rotatable bonds is 7. The number of hydrogen-bond donors (Lipinski definition) is 1. The molecule has 1 N–H and O–H groups in total. The lowest BCUT2D eigenvalue weighted by atomic mass is 10.0. The number of carbonyl (C=O) groups is 1. The molecule has 0 fully saturated rings. The van der Waals surface area contributed by atoms with Crippen LogP contribution in [0.25, 0.3) is 0 Å². The lowest BCUT2D eigenvalue weighted by Crippen LogP contribution is -2.43. The van der Waals surface area contributed by atoms with E-state index in [1.165, 1.54) is 7.11 Å². The Kier molecular flexibility index (Phi) is 6.49. The van der Waals surface area contributed by atoms with Gasteiger partial charge in [0.25, 0.3) is 0 Å². The maximum absolute atomic E-state index is 11.9. The van der Waals surface area contributed by atoms with Gasteiger partial charge in [0.1, 0.15) is 17.5 Å². The highest BCUT2D eigenvalue weighted by Gasteiger charge is 2.26. The molecular formula is C16H25NO4. The first-order valence-corrected chi connectivity index (χ1v) is 7.00. The summed E-state index contributed by atoms with van der Waals surface area (Å²) in [6.45, 7) is 5.93. The molecule has 1 aromatic rings. The second-order valence-electron chi connectivity index (χ2n) is 5.24. The Bertz CT molecular complexity index is 473. The fourth-order valence-electron chi connectivity index (χ4n) is 2.20. The number of benzene rings is 1. The van der Waals surface area contributed by atoms with Crippen LogP contribution in [0.5, 0.6) is 11.5 Å². The molecule has 5 nitrogen and oxygen atoms in total. The Morgan fingerprint density at radius 3 is 2.24 bits per heavy atom. The number of methoxy groups -OCH3 is 3. The van der Waals surface area contributed by atoms with Crippen LogP contribution in [0.1, 0.15) is 32.4 Å². The Morgan fingerprint density at radius 2 is 1.76 bits per heavy atom. The molecule has 5 heteroatoms. The molecule has 21 heavy (non-hydrogen) atoms. The van der Waals surface area contributed by atoms with E-state index in [2.05, 4.69) is 5.32 Å². The summed E-state index contributed by atoms with van der Waals surface area (Å²) in [5, 5.41) is 3.30. The van der Waals surface area contributed by atoms with Crippen LogP contribution >= 0.6 is 0 Å². The van der Waals surface area contributed by atoms with Crippen molar-refractivity contribution in [2.24, 2.45) is 5.92 Å². The van der Waals surface area contributed by atoms with Crippen molar-refractivity contribution in [3.05, 3.63) is 23.8 Å². The average Bonchev–Trinajstić information content (AvgIpc) is 2.50. The van der Waals surface area contributed by atoms with Crippen molar-refractivity contribution in [2.75, 3.05) is 21.3 Å². The van der Waals surface area contributed by atoms with Gasteiger partial charge in [0.05, 0.1) is 21.3 Å². The van der Waals surface area contributed by atoms with Crippen molar-refractivity contribution >= 4 is 5.97 Å². The van der Waals surface area contributed by atoms with Gasteiger partial charge >= 0.3 is 5.97 Å². The van der Waals surface area contributed by atoms with Crippen molar-refractivity contribution in [1.82, 2.24) is 5.32 Å². The van der Waals surface area contributed by atoms with E-state index in [9.17, 15) is 4.79 Å². The Hall–Kier alpha value is -1.75. The first-order valence-electron chi connectivity index (χ1n) is 7.00. The second kappa shape index (κ2) is 7.88. The molecular weight excluding hydrogens is 270 g/mol. The van der Waals surface area contributed by atoms with Crippen molar-refractivity contribution in [2.45, 2.75) is 32.9 Å². The second-order valence-corrected chi connectivity index (χ2v) is 5.24. The summed E-state index contributed by atoms with van der Waals surface area (Å²) in [6, 6.07) is 5.15. The van der Waals surface area contributed by atoms with Gasteiger partial charge in [-0.05, 0) is 31.0 Å². The molecule has 0 saturated heterocycles. The number of ether oxygens (including phenoxy) is 3. The molecule has 0 spiro atoms. The van der Waals surface area contributed by atoms with E-state index in [-0.39, 0.29) is 24.0 Å². The molecule has 118 valence electrons. The lowest BCUT2D eigenvalue weighted by Gasteiger charge is -2.25. The van der Waals surface area contributed by atoms with Gasteiger partial charge in [-0.2, -0.15) is 0 Å². The average molecular weight is 295 g/mol. The normalized spacial score (nSPS) is 13.7. The van der Waals surface area contributed by atoms with Crippen LogP contribution in [0, 0.1) is 5.92 Å². The monoisotopic (exact) mass is 295 g/mol. The summed E-state index contributed by atoms with van der Waals surface area (Å²) in [5.41, 5.74) is 0.936. The summed E-state index contributed by atoms with van der Waals surface area (Å²) in [4.78, 5) is 11.9. The van der Waals surface area contributed by atoms with Gasteiger partial charge in [-0.1, -0.05) is 13.8 Å². The summed E-state index contributed by atoms with van der Waals surface area (Å²) in [7, 11) is 4.64. The van der Waals surface area contributed by atoms with E-state index < -0.39 is 0 Å². The number of carbonyl (C=O) groups excluding carboxylic acids is 1. The number of esters is 1. The van der Waals surface area contributed by atoms with E-state index >= 15 is 0 Å². The maximum Gasteiger partial charge on any atom is 0.323 e. The molecule has 0 aliphatic heterocycles. The predicted octanol–water partition coefficient (Wildman–Crippen LogP) is 2.55. The fourth-order valence-corrected chi connectivity index (χ4v) is 2.20. The molecule has 0 aromatic heterocycles. The molecule has 0 aliphatic carbocycles. The molecule has 1 aromatic carbocycles. The third kappa shape index (κ3) is 4.36. The van der Waals surface area contributed by atoms with Crippen LogP contribution in [0.15, 0.2) is 18.2 Å². The summed E-state index contributed by atoms with van der Waals surface area (Å²) in [5.74, 6) is 1.36. The Balaban J connectivity index is 3.01. The van der Waals surface area contributed by atoms with Gasteiger partial charge in [-0.25, -0.2) is 0 Å². The van der Waals surface area contributed by atoms with Gasteiger partial charge in [-0.15, -0.1) is 0 Å². The van der Waals surface area contributed by atoms with Gasteiger partial charge in [-0.3, -0.25) is 10.1 Å². The molecule has 1 rings (SSSR count). The van der Waals surface area contributed by atoms with Crippen LogP contribution in [0.4, 0.5) is 0 Å². The van der Waals surface area contributed by atoms with Crippen molar-refractivity contribution < 1.29 is 19.0 Å². The minimum absolute atomic E-state index is 0.0819. The summed E-state index contributed by atoms with van der Waals surface area (Å²) < 4.78 is 15.5. The smallest absolute Gasteiger partial charge is 0.323 e. The van der Waals surface area contributed by atoms with Gasteiger partial charge < -0.3 is 14.2 Å². The van der Waals surface area contributed by atoms with Crippen LogP contribution in [0.2, 0.25) is 0 Å². The van der Waals surface area contributed by atoms with E-state index in [4.69, 9.17) is 14.2 Å². The standard InChI is InChI=1S/C16H25NO4/c1-10(2)15(16(18)21-6)17-11(3)13-9-12(19-4)7-8-14(13)20-5/h7-11,15,17H,1-6H3/t11?,15-/m0/s1. The predicted molar refractivity (Wildman–Crippen MR) is 81.7 cm³/mol. The van der Waals surface area contributed by atoms with E-state index in [1.54, 1.807) is 14.2 Å². The first kappa shape index (κ1) is 17.3.